The Labute approximate surface area is 120 Å². The van der Waals surface area contributed by atoms with Crippen molar-refractivity contribution in [3.8, 4) is 5.75 Å². The maximum Gasteiger partial charge on any atom is 0.143 e. The van der Waals surface area contributed by atoms with Crippen LogP contribution < -0.4 is 15.4 Å². The third-order valence-corrected chi connectivity index (χ3v) is 3.62. The number of rotatable bonds is 2. The van der Waals surface area contributed by atoms with Crippen LogP contribution in [0.1, 0.15) is 18.1 Å². The van der Waals surface area contributed by atoms with Crippen LogP contribution in [0.5, 0.6) is 5.75 Å². The molecule has 0 fully saturated rings. The summed E-state index contributed by atoms with van der Waals surface area (Å²) >= 11 is 0. The van der Waals surface area contributed by atoms with Gasteiger partial charge in [-0.05, 0) is 37.6 Å². The first kappa shape index (κ1) is 12.9. The fourth-order valence-corrected chi connectivity index (χ4v) is 2.61. The molecule has 0 radical (unpaired) electrons. The molecule has 0 bridgehead atoms. The normalized spacial score (nSPS) is 17.5. The lowest BCUT2D eigenvalue weighted by atomic mass is 10.1. The second kappa shape index (κ2) is 5.08. The number of aryl methyl sites for hydroxylation is 1. The zero-order valence-corrected chi connectivity index (χ0v) is 12.0. The molecule has 3 rings (SSSR count). The van der Waals surface area contributed by atoms with Gasteiger partial charge in [0.05, 0.1) is 12.2 Å². The van der Waals surface area contributed by atoms with E-state index in [0.717, 1.165) is 30.2 Å². The van der Waals surface area contributed by atoms with E-state index in [1.54, 1.807) is 0 Å². The Hall–Kier alpha value is -2.16. The monoisotopic (exact) mass is 268 g/mol. The lowest BCUT2D eigenvalue weighted by Gasteiger charge is -2.35. The minimum absolute atomic E-state index is 0.191. The van der Waals surface area contributed by atoms with Crippen LogP contribution in [0.2, 0.25) is 0 Å². The van der Waals surface area contributed by atoms with Crippen LogP contribution in [0.4, 0.5) is 11.4 Å². The number of fused-ring (bicyclic) bond motifs is 1. The van der Waals surface area contributed by atoms with Crippen LogP contribution in [-0.4, -0.2) is 12.6 Å². The fourth-order valence-electron chi connectivity index (χ4n) is 2.61. The summed E-state index contributed by atoms with van der Waals surface area (Å²) in [4.78, 5) is 2.34. The molecule has 0 spiro atoms. The number of nitrogens with zero attached hydrogens (tertiary/aromatic N) is 1. The van der Waals surface area contributed by atoms with Gasteiger partial charge in [0.2, 0.25) is 0 Å². The molecule has 2 aromatic rings. The van der Waals surface area contributed by atoms with E-state index in [0.29, 0.717) is 0 Å². The molecule has 0 aliphatic carbocycles. The third kappa shape index (κ3) is 2.57. The second-order valence-corrected chi connectivity index (χ2v) is 5.52. The largest absolute Gasteiger partial charge is 0.487 e. The quantitative estimate of drug-likeness (QED) is 0.849. The van der Waals surface area contributed by atoms with Gasteiger partial charge in [-0.2, -0.15) is 0 Å². The van der Waals surface area contributed by atoms with Crippen molar-refractivity contribution in [2.24, 2.45) is 0 Å². The van der Waals surface area contributed by atoms with Gasteiger partial charge in [-0.15, -0.1) is 0 Å². The second-order valence-electron chi connectivity index (χ2n) is 5.52. The van der Waals surface area contributed by atoms with Crippen molar-refractivity contribution in [3.63, 3.8) is 0 Å². The van der Waals surface area contributed by atoms with Gasteiger partial charge in [-0.3, -0.25) is 0 Å². The molecule has 1 unspecified atom stereocenters. The van der Waals surface area contributed by atoms with Gasteiger partial charge in [0.1, 0.15) is 11.9 Å². The van der Waals surface area contributed by atoms with E-state index in [1.165, 1.54) is 11.1 Å². The molecule has 0 aromatic heterocycles. The Balaban J connectivity index is 1.90. The fraction of sp³-hybridized carbons (Fsp3) is 0.294. The number of benzene rings is 2. The van der Waals surface area contributed by atoms with Gasteiger partial charge in [0.25, 0.3) is 0 Å². The van der Waals surface area contributed by atoms with Gasteiger partial charge >= 0.3 is 0 Å². The summed E-state index contributed by atoms with van der Waals surface area (Å²) in [5, 5.41) is 0. The number of anilines is 2. The van der Waals surface area contributed by atoms with E-state index in [4.69, 9.17) is 10.5 Å². The van der Waals surface area contributed by atoms with Crippen molar-refractivity contribution in [1.82, 2.24) is 0 Å². The first-order chi connectivity index (χ1) is 9.61. The van der Waals surface area contributed by atoms with Crippen LogP contribution in [0.25, 0.3) is 0 Å². The molecular formula is C17H20N2O. The van der Waals surface area contributed by atoms with E-state index in [2.05, 4.69) is 43.0 Å². The van der Waals surface area contributed by atoms with Crippen molar-refractivity contribution in [3.05, 3.63) is 53.6 Å². The highest BCUT2D eigenvalue weighted by Gasteiger charge is 2.23. The average Bonchev–Trinajstić information content (AvgIpc) is 2.42. The highest BCUT2D eigenvalue weighted by Crippen LogP contribution is 2.35. The minimum atomic E-state index is 0.191. The van der Waals surface area contributed by atoms with Crippen molar-refractivity contribution in [2.45, 2.75) is 26.5 Å². The summed E-state index contributed by atoms with van der Waals surface area (Å²) in [7, 11) is 0. The number of nitrogens with two attached hydrogens (primary N) is 1. The summed E-state index contributed by atoms with van der Waals surface area (Å²) in [6.45, 7) is 5.97. The molecule has 1 aliphatic rings. The van der Waals surface area contributed by atoms with Gasteiger partial charge in [-0.25, -0.2) is 0 Å². The van der Waals surface area contributed by atoms with Gasteiger partial charge in [-0.1, -0.05) is 29.8 Å². The van der Waals surface area contributed by atoms with E-state index in [-0.39, 0.29) is 6.10 Å². The van der Waals surface area contributed by atoms with Gasteiger partial charge in [0.15, 0.2) is 0 Å². The van der Waals surface area contributed by atoms with E-state index >= 15 is 0 Å². The lowest BCUT2D eigenvalue weighted by Crippen LogP contribution is -2.38. The Morgan fingerprint density at radius 3 is 2.70 bits per heavy atom. The number of hydrogen-bond donors (Lipinski definition) is 1. The molecule has 3 heteroatoms. The summed E-state index contributed by atoms with van der Waals surface area (Å²) in [6, 6.07) is 14.5. The lowest BCUT2D eigenvalue weighted by molar-refractivity contribution is 0.212. The van der Waals surface area contributed by atoms with E-state index in [9.17, 15) is 0 Å². The Morgan fingerprint density at radius 2 is 1.95 bits per heavy atom. The predicted molar refractivity (Wildman–Crippen MR) is 83.2 cm³/mol. The van der Waals surface area contributed by atoms with E-state index < -0.39 is 0 Å². The first-order valence-electron chi connectivity index (χ1n) is 6.98. The maximum atomic E-state index is 5.91. The zero-order valence-electron chi connectivity index (χ0n) is 12.0. The van der Waals surface area contributed by atoms with Crippen molar-refractivity contribution >= 4 is 11.4 Å². The Bertz CT molecular complexity index is 607. The molecule has 0 saturated heterocycles. The van der Waals surface area contributed by atoms with Crippen LogP contribution >= 0.6 is 0 Å². The molecule has 0 amide bonds. The van der Waals surface area contributed by atoms with Crippen molar-refractivity contribution < 1.29 is 4.74 Å². The minimum Gasteiger partial charge on any atom is -0.487 e. The Kier molecular flexibility index (Phi) is 3.26. The predicted octanol–water partition coefficient (Wildman–Crippen LogP) is 3.36. The maximum absolute atomic E-state index is 5.91. The molecule has 104 valence electrons. The van der Waals surface area contributed by atoms with Crippen molar-refractivity contribution in [2.75, 3.05) is 17.2 Å². The molecule has 0 saturated carbocycles. The topological polar surface area (TPSA) is 38.5 Å². The molecular weight excluding hydrogens is 248 g/mol. The van der Waals surface area contributed by atoms with E-state index in [1.807, 2.05) is 18.2 Å². The molecule has 2 aromatic carbocycles. The summed E-state index contributed by atoms with van der Waals surface area (Å²) in [5.74, 6) is 0.921. The van der Waals surface area contributed by atoms with Crippen molar-refractivity contribution in [1.29, 1.82) is 0 Å². The van der Waals surface area contributed by atoms with Crippen LogP contribution in [0.3, 0.4) is 0 Å². The standard InChI is InChI=1S/C17H20N2O/c1-12-3-5-14(6-4-12)11-19-10-13(2)20-17-8-7-15(18)9-16(17)19/h3-9,13H,10-11,18H2,1-2H3. The van der Waals surface area contributed by atoms with Crippen LogP contribution in [-0.2, 0) is 6.54 Å². The highest BCUT2D eigenvalue weighted by atomic mass is 16.5. The average molecular weight is 268 g/mol. The first-order valence-corrected chi connectivity index (χ1v) is 6.98. The number of ether oxygens (including phenoxy) is 1. The summed E-state index contributed by atoms with van der Waals surface area (Å²) in [5.41, 5.74) is 10.4. The smallest absolute Gasteiger partial charge is 0.143 e. The SMILES string of the molecule is Cc1ccc(CN2CC(C)Oc3ccc(N)cc32)cc1. The van der Waals surface area contributed by atoms with Gasteiger partial charge in [0, 0.05) is 12.2 Å². The van der Waals surface area contributed by atoms with Crippen LogP contribution in [0.15, 0.2) is 42.5 Å². The number of nitrogen functional groups attached to an aromatic ring is 1. The van der Waals surface area contributed by atoms with Gasteiger partial charge < -0.3 is 15.4 Å². The van der Waals surface area contributed by atoms with Crippen LogP contribution in [0, 0.1) is 6.92 Å². The molecule has 20 heavy (non-hydrogen) atoms. The third-order valence-electron chi connectivity index (χ3n) is 3.62. The summed E-state index contributed by atoms with van der Waals surface area (Å²) < 4.78 is 5.88. The molecule has 1 heterocycles. The highest BCUT2D eigenvalue weighted by molar-refractivity contribution is 5.66. The molecule has 3 nitrogen and oxygen atoms in total. The summed E-state index contributed by atoms with van der Waals surface area (Å²) in [6.07, 6.45) is 0.191. The zero-order chi connectivity index (χ0) is 14.1. The Morgan fingerprint density at radius 1 is 1.20 bits per heavy atom. The molecule has 2 N–H and O–H groups in total. The molecule has 1 atom stereocenters. The molecule has 1 aliphatic heterocycles. The number of hydrogen-bond acceptors (Lipinski definition) is 3.